The molecule has 0 aliphatic heterocycles. The highest BCUT2D eigenvalue weighted by Gasteiger charge is 2.13. The second-order valence-corrected chi connectivity index (χ2v) is 7.42. The van der Waals surface area contributed by atoms with Crippen LogP contribution in [-0.4, -0.2) is 10.9 Å². The summed E-state index contributed by atoms with van der Waals surface area (Å²) in [6.45, 7) is 2.30. The minimum absolute atomic E-state index is 0.193. The Labute approximate surface area is 158 Å². The van der Waals surface area contributed by atoms with E-state index < -0.39 is 0 Å². The second kappa shape index (κ2) is 7.76. The molecule has 4 nitrogen and oxygen atoms in total. The number of nitrogens with one attached hydrogen (secondary N) is 1. The third-order valence-electron chi connectivity index (χ3n) is 3.26. The number of nitrogens with zero attached hydrogens (tertiary/aromatic N) is 1. The van der Waals surface area contributed by atoms with Crippen LogP contribution in [0.5, 0.6) is 5.75 Å². The number of aromatic nitrogens is 1. The van der Waals surface area contributed by atoms with E-state index in [4.69, 9.17) is 4.74 Å². The summed E-state index contributed by atoms with van der Waals surface area (Å²) in [5, 5.41) is 5.87. The molecule has 0 saturated carbocycles. The zero-order valence-corrected chi connectivity index (χ0v) is 15.9. The highest BCUT2D eigenvalue weighted by Crippen LogP contribution is 2.22. The Hall–Kier alpha value is -1.93. The van der Waals surface area contributed by atoms with Crippen molar-refractivity contribution in [1.82, 2.24) is 4.98 Å². The predicted octanol–water partition coefficient (Wildman–Crippen LogP) is 4.89. The number of amides is 1. The normalized spacial score (nSPS) is 10.4. The van der Waals surface area contributed by atoms with E-state index >= 15 is 0 Å². The first-order chi connectivity index (χ1) is 11.6. The molecule has 0 aliphatic rings. The number of hydrogen-bond donors (Lipinski definition) is 1. The van der Waals surface area contributed by atoms with Crippen LogP contribution in [0.15, 0.2) is 53.9 Å². The molecule has 0 aliphatic carbocycles. The predicted molar refractivity (Wildman–Crippen MR) is 105 cm³/mol. The highest BCUT2D eigenvalue weighted by atomic mass is 127. The molecule has 6 heteroatoms. The van der Waals surface area contributed by atoms with E-state index in [0.29, 0.717) is 17.9 Å². The molecule has 2 aromatic carbocycles. The topological polar surface area (TPSA) is 51.2 Å². The van der Waals surface area contributed by atoms with Crippen LogP contribution in [0.25, 0.3) is 0 Å². The van der Waals surface area contributed by atoms with Crippen molar-refractivity contribution in [2.75, 3.05) is 5.32 Å². The van der Waals surface area contributed by atoms with E-state index in [1.165, 1.54) is 0 Å². The Morgan fingerprint density at radius 3 is 2.83 bits per heavy atom. The molecule has 1 aromatic heterocycles. The van der Waals surface area contributed by atoms with Gasteiger partial charge in [0.05, 0.1) is 16.3 Å². The Morgan fingerprint density at radius 1 is 1.25 bits per heavy atom. The Kier molecular flexibility index (Phi) is 5.47. The first-order valence-electron chi connectivity index (χ1n) is 7.31. The van der Waals surface area contributed by atoms with Crippen molar-refractivity contribution in [3.63, 3.8) is 0 Å². The summed E-state index contributed by atoms with van der Waals surface area (Å²) in [5.74, 6) is 0.355. The first-order valence-corrected chi connectivity index (χ1v) is 9.27. The van der Waals surface area contributed by atoms with E-state index in [2.05, 4.69) is 32.9 Å². The average molecular weight is 450 g/mol. The van der Waals surface area contributed by atoms with Gasteiger partial charge < -0.3 is 10.1 Å². The van der Waals surface area contributed by atoms with Gasteiger partial charge >= 0.3 is 0 Å². The fraction of sp³-hybridized carbons (Fsp3) is 0.111. The molecule has 1 N–H and O–H groups in total. The fourth-order valence-electron chi connectivity index (χ4n) is 2.17. The van der Waals surface area contributed by atoms with Crippen molar-refractivity contribution >= 4 is 45.5 Å². The van der Waals surface area contributed by atoms with Crippen LogP contribution in [0.3, 0.4) is 0 Å². The van der Waals surface area contributed by atoms with Crippen molar-refractivity contribution in [1.29, 1.82) is 0 Å². The Balaban J connectivity index is 1.74. The molecule has 0 fully saturated rings. The van der Waals surface area contributed by atoms with Crippen molar-refractivity contribution in [2.45, 2.75) is 13.5 Å². The summed E-state index contributed by atoms with van der Waals surface area (Å²) in [5.41, 5.74) is 2.13. The van der Waals surface area contributed by atoms with Crippen molar-refractivity contribution in [3.8, 4) is 5.75 Å². The van der Waals surface area contributed by atoms with E-state index in [-0.39, 0.29) is 5.91 Å². The molecular weight excluding hydrogens is 435 g/mol. The molecule has 0 atom stereocenters. The van der Waals surface area contributed by atoms with Gasteiger partial charge in [0.2, 0.25) is 0 Å². The molecule has 24 heavy (non-hydrogen) atoms. The monoisotopic (exact) mass is 450 g/mol. The molecular formula is C18H15IN2O2S. The lowest BCUT2D eigenvalue weighted by Gasteiger charge is -2.11. The molecule has 3 aromatic rings. The Morgan fingerprint density at radius 2 is 2.08 bits per heavy atom. The SMILES string of the molecule is Cc1nc(COc2ccccc2C(=O)Nc2cccc(I)c2)cs1. The number of carbonyl (C=O) groups excluding carboxylic acids is 1. The molecule has 0 unspecified atom stereocenters. The molecule has 1 amide bonds. The average Bonchev–Trinajstić information content (AvgIpc) is 2.99. The number of benzene rings is 2. The van der Waals surface area contributed by atoms with Gasteiger partial charge in [-0.25, -0.2) is 4.98 Å². The van der Waals surface area contributed by atoms with Crippen LogP contribution < -0.4 is 10.1 Å². The van der Waals surface area contributed by atoms with Gasteiger partial charge in [0.15, 0.2) is 0 Å². The van der Waals surface area contributed by atoms with Gasteiger partial charge in [-0.1, -0.05) is 18.2 Å². The number of hydrogen-bond acceptors (Lipinski definition) is 4. The van der Waals surface area contributed by atoms with Gasteiger partial charge in [-0.05, 0) is 59.8 Å². The standard InChI is InChI=1S/C18H15IN2O2S/c1-12-20-15(11-24-12)10-23-17-8-3-2-7-16(17)18(22)21-14-6-4-5-13(19)9-14/h2-9,11H,10H2,1H3,(H,21,22). The van der Waals surface area contributed by atoms with Crippen LogP contribution in [0.4, 0.5) is 5.69 Å². The van der Waals surface area contributed by atoms with E-state index in [0.717, 1.165) is 20.0 Å². The molecule has 0 saturated heterocycles. The van der Waals surface area contributed by atoms with Gasteiger partial charge in [0, 0.05) is 14.6 Å². The lowest BCUT2D eigenvalue weighted by atomic mass is 10.2. The number of aryl methyl sites for hydroxylation is 1. The fourth-order valence-corrected chi connectivity index (χ4v) is 3.31. The van der Waals surface area contributed by atoms with Crippen molar-refractivity contribution < 1.29 is 9.53 Å². The maximum atomic E-state index is 12.6. The summed E-state index contributed by atoms with van der Waals surface area (Å²) in [6, 6.07) is 14.9. The van der Waals surface area contributed by atoms with Gasteiger partial charge in [-0.3, -0.25) is 4.79 Å². The van der Waals surface area contributed by atoms with Gasteiger partial charge in [0.25, 0.3) is 5.91 Å². The van der Waals surface area contributed by atoms with Crippen LogP contribution in [0.2, 0.25) is 0 Å². The van der Waals surface area contributed by atoms with Crippen molar-refractivity contribution in [2.24, 2.45) is 0 Å². The van der Waals surface area contributed by atoms with E-state index in [9.17, 15) is 4.79 Å². The smallest absolute Gasteiger partial charge is 0.259 e. The van der Waals surface area contributed by atoms with Gasteiger partial charge in [-0.2, -0.15) is 0 Å². The van der Waals surface area contributed by atoms with E-state index in [1.807, 2.05) is 48.7 Å². The largest absolute Gasteiger partial charge is 0.486 e. The van der Waals surface area contributed by atoms with Gasteiger partial charge in [-0.15, -0.1) is 11.3 Å². The number of ether oxygens (including phenoxy) is 1. The number of para-hydroxylation sites is 1. The summed E-state index contributed by atoms with van der Waals surface area (Å²) >= 11 is 3.80. The van der Waals surface area contributed by atoms with Crippen LogP contribution in [0.1, 0.15) is 21.1 Å². The molecule has 0 radical (unpaired) electrons. The van der Waals surface area contributed by atoms with Crippen molar-refractivity contribution in [3.05, 3.63) is 73.7 Å². The lowest BCUT2D eigenvalue weighted by molar-refractivity contribution is 0.102. The van der Waals surface area contributed by atoms with Crippen LogP contribution in [-0.2, 0) is 6.61 Å². The minimum Gasteiger partial charge on any atom is -0.486 e. The quantitative estimate of drug-likeness (QED) is 0.564. The molecule has 1 heterocycles. The van der Waals surface area contributed by atoms with Crippen LogP contribution >= 0.6 is 33.9 Å². The zero-order chi connectivity index (χ0) is 16.9. The first kappa shape index (κ1) is 16.9. The number of carbonyl (C=O) groups is 1. The minimum atomic E-state index is -0.193. The molecule has 0 bridgehead atoms. The maximum absolute atomic E-state index is 12.6. The summed E-state index contributed by atoms with van der Waals surface area (Å²) in [7, 11) is 0. The molecule has 3 rings (SSSR count). The third kappa shape index (κ3) is 4.33. The molecule has 122 valence electrons. The molecule has 0 spiro atoms. The highest BCUT2D eigenvalue weighted by molar-refractivity contribution is 14.1. The van der Waals surface area contributed by atoms with E-state index in [1.54, 1.807) is 23.5 Å². The van der Waals surface area contributed by atoms with Crippen LogP contribution in [0, 0.1) is 10.5 Å². The number of anilines is 1. The lowest BCUT2D eigenvalue weighted by Crippen LogP contribution is -2.13. The second-order valence-electron chi connectivity index (χ2n) is 5.11. The zero-order valence-electron chi connectivity index (χ0n) is 13.0. The maximum Gasteiger partial charge on any atom is 0.259 e. The summed E-state index contributed by atoms with van der Waals surface area (Å²) in [6.07, 6.45) is 0. The number of thiazole rings is 1. The summed E-state index contributed by atoms with van der Waals surface area (Å²) < 4.78 is 6.86. The Bertz CT molecular complexity index is 863. The number of halogens is 1. The van der Waals surface area contributed by atoms with Gasteiger partial charge in [0.1, 0.15) is 12.4 Å². The third-order valence-corrected chi connectivity index (χ3v) is 4.75. The number of rotatable bonds is 5. The summed E-state index contributed by atoms with van der Waals surface area (Å²) in [4.78, 5) is 16.9.